The molecule has 0 aromatic heterocycles. The predicted octanol–water partition coefficient (Wildman–Crippen LogP) is 1.72. The van der Waals surface area contributed by atoms with Crippen molar-refractivity contribution in [1.29, 1.82) is 0 Å². The van der Waals surface area contributed by atoms with Crippen molar-refractivity contribution in [3.05, 3.63) is 39.7 Å². The quantitative estimate of drug-likeness (QED) is 0.491. The molecular formula is C11H12ClFN2O4. The van der Waals surface area contributed by atoms with E-state index in [4.69, 9.17) is 16.3 Å². The monoisotopic (exact) mass is 290 g/mol. The maximum atomic E-state index is 13.2. The van der Waals surface area contributed by atoms with E-state index in [2.05, 4.69) is 5.32 Å². The van der Waals surface area contributed by atoms with E-state index in [0.29, 0.717) is 0 Å². The number of ether oxygens (including phenoxy) is 1. The number of rotatable bonds is 6. The lowest BCUT2D eigenvalue weighted by Crippen LogP contribution is -2.39. The fourth-order valence-electron chi connectivity index (χ4n) is 1.41. The molecule has 1 unspecified atom stereocenters. The molecule has 0 heterocycles. The highest BCUT2D eigenvalue weighted by molar-refractivity contribution is 6.18. The number of hydrogen-bond acceptors (Lipinski definition) is 4. The molecule has 0 aliphatic rings. The van der Waals surface area contributed by atoms with Crippen LogP contribution in [0, 0.1) is 15.9 Å². The number of carbonyl (C=O) groups is 1. The van der Waals surface area contributed by atoms with Gasteiger partial charge in [-0.2, -0.15) is 0 Å². The molecule has 0 fully saturated rings. The summed E-state index contributed by atoms with van der Waals surface area (Å²) in [5.74, 6) is -1.39. The van der Waals surface area contributed by atoms with E-state index in [-0.39, 0.29) is 18.1 Å². The highest BCUT2D eigenvalue weighted by Gasteiger charge is 2.17. The zero-order chi connectivity index (χ0) is 14.4. The molecule has 1 N–H and O–H groups in total. The first-order chi connectivity index (χ1) is 8.97. The minimum absolute atomic E-state index is 0.108. The average Bonchev–Trinajstić information content (AvgIpc) is 2.37. The maximum Gasteiger partial charge on any atom is 0.273 e. The SMILES string of the molecule is COCC(CCl)NC(=O)c1cc(F)cc([N+](=O)[O-])c1. The van der Waals surface area contributed by atoms with Gasteiger partial charge in [-0.1, -0.05) is 0 Å². The van der Waals surface area contributed by atoms with Crippen molar-refractivity contribution in [3.63, 3.8) is 0 Å². The van der Waals surface area contributed by atoms with Gasteiger partial charge >= 0.3 is 0 Å². The standard InChI is InChI=1S/C11H12ClFN2O4/c1-19-6-9(5-12)14-11(16)7-2-8(13)4-10(3-7)15(17)18/h2-4,9H,5-6H2,1H3,(H,14,16). The zero-order valence-corrected chi connectivity index (χ0v) is 10.8. The third-order valence-corrected chi connectivity index (χ3v) is 2.62. The van der Waals surface area contributed by atoms with Gasteiger partial charge in [-0.25, -0.2) is 4.39 Å². The van der Waals surface area contributed by atoms with Crippen molar-refractivity contribution < 1.29 is 18.8 Å². The Morgan fingerprint density at radius 1 is 1.58 bits per heavy atom. The fourth-order valence-corrected chi connectivity index (χ4v) is 1.57. The summed E-state index contributed by atoms with van der Waals surface area (Å²) in [5.41, 5.74) is -0.628. The van der Waals surface area contributed by atoms with Crippen molar-refractivity contribution in [1.82, 2.24) is 5.32 Å². The number of amides is 1. The van der Waals surface area contributed by atoms with Crippen molar-refractivity contribution in [2.45, 2.75) is 6.04 Å². The van der Waals surface area contributed by atoms with Gasteiger partial charge in [-0.3, -0.25) is 14.9 Å². The summed E-state index contributed by atoms with van der Waals surface area (Å²) in [4.78, 5) is 21.6. The van der Waals surface area contributed by atoms with Crippen LogP contribution in [0.15, 0.2) is 18.2 Å². The third-order valence-electron chi connectivity index (χ3n) is 2.24. The van der Waals surface area contributed by atoms with E-state index in [1.54, 1.807) is 0 Å². The number of halogens is 2. The fraction of sp³-hybridized carbons (Fsp3) is 0.364. The van der Waals surface area contributed by atoms with E-state index in [0.717, 1.165) is 18.2 Å². The Balaban J connectivity index is 2.90. The van der Waals surface area contributed by atoms with Gasteiger partial charge in [-0.15, -0.1) is 11.6 Å². The molecular weight excluding hydrogens is 279 g/mol. The molecule has 19 heavy (non-hydrogen) atoms. The van der Waals surface area contributed by atoms with Gasteiger partial charge in [0, 0.05) is 24.6 Å². The molecule has 1 aromatic carbocycles. The highest BCUT2D eigenvalue weighted by Crippen LogP contribution is 2.16. The molecule has 1 amide bonds. The van der Waals surface area contributed by atoms with Gasteiger partial charge < -0.3 is 10.1 Å². The van der Waals surface area contributed by atoms with Crippen LogP contribution >= 0.6 is 11.6 Å². The van der Waals surface area contributed by atoms with E-state index >= 15 is 0 Å². The number of benzene rings is 1. The van der Waals surface area contributed by atoms with Crippen LogP contribution in [0.25, 0.3) is 0 Å². The van der Waals surface area contributed by atoms with Crippen LogP contribution in [0.4, 0.5) is 10.1 Å². The van der Waals surface area contributed by atoms with Gasteiger partial charge in [0.25, 0.3) is 11.6 Å². The van der Waals surface area contributed by atoms with Crippen molar-refractivity contribution in [3.8, 4) is 0 Å². The minimum Gasteiger partial charge on any atom is -0.383 e. The number of alkyl halides is 1. The number of hydrogen-bond donors (Lipinski definition) is 1. The molecule has 0 radical (unpaired) electrons. The Morgan fingerprint density at radius 3 is 2.79 bits per heavy atom. The first-order valence-electron chi connectivity index (χ1n) is 5.28. The molecule has 1 aromatic rings. The molecule has 0 aliphatic heterocycles. The number of carbonyl (C=O) groups excluding carboxylic acids is 1. The van der Waals surface area contributed by atoms with Crippen LogP contribution in [-0.4, -0.2) is 36.5 Å². The number of nitrogens with zero attached hydrogens (tertiary/aromatic N) is 1. The Hall–Kier alpha value is -1.73. The van der Waals surface area contributed by atoms with Gasteiger partial charge in [-0.05, 0) is 6.07 Å². The number of nitro benzene ring substituents is 1. The summed E-state index contributed by atoms with van der Waals surface area (Å²) in [7, 11) is 1.44. The Morgan fingerprint density at radius 2 is 2.26 bits per heavy atom. The first kappa shape index (κ1) is 15.3. The second kappa shape index (κ2) is 7.01. The molecule has 0 aliphatic carbocycles. The molecule has 1 rings (SSSR count). The van der Waals surface area contributed by atoms with Crippen LogP contribution in [-0.2, 0) is 4.74 Å². The Kier molecular flexibility index (Phi) is 5.65. The lowest BCUT2D eigenvalue weighted by atomic mass is 10.1. The van der Waals surface area contributed by atoms with E-state index < -0.39 is 28.4 Å². The zero-order valence-electron chi connectivity index (χ0n) is 10.1. The second-order valence-electron chi connectivity index (χ2n) is 3.74. The first-order valence-corrected chi connectivity index (χ1v) is 5.82. The van der Waals surface area contributed by atoms with Gasteiger partial charge in [0.2, 0.25) is 0 Å². The predicted molar refractivity (Wildman–Crippen MR) is 66.9 cm³/mol. The van der Waals surface area contributed by atoms with Crippen molar-refractivity contribution in [2.75, 3.05) is 19.6 Å². The number of nitro groups is 1. The molecule has 0 spiro atoms. The summed E-state index contributed by atoms with van der Waals surface area (Å²) in [6.45, 7) is 0.187. The topological polar surface area (TPSA) is 81.5 Å². The lowest BCUT2D eigenvalue weighted by molar-refractivity contribution is -0.385. The smallest absolute Gasteiger partial charge is 0.273 e. The number of methoxy groups -OCH3 is 1. The number of non-ortho nitro benzene ring substituents is 1. The summed E-state index contributed by atoms with van der Waals surface area (Å²) in [5, 5.41) is 13.1. The Labute approximate surface area is 113 Å². The normalized spacial score (nSPS) is 11.9. The molecule has 0 saturated carbocycles. The molecule has 104 valence electrons. The van der Waals surface area contributed by atoms with Gasteiger partial charge in [0.05, 0.1) is 23.6 Å². The van der Waals surface area contributed by atoms with Crippen LogP contribution in [0.2, 0.25) is 0 Å². The summed E-state index contributed by atoms with van der Waals surface area (Å²) >= 11 is 5.61. The number of nitrogens with one attached hydrogen (secondary N) is 1. The van der Waals surface area contributed by atoms with Gasteiger partial charge in [0.1, 0.15) is 5.82 Å². The molecule has 0 saturated heterocycles. The second-order valence-corrected chi connectivity index (χ2v) is 4.04. The molecule has 8 heteroatoms. The summed E-state index contributed by atoms with van der Waals surface area (Å²) in [6, 6.07) is 2.20. The average molecular weight is 291 g/mol. The van der Waals surface area contributed by atoms with Gasteiger partial charge in [0.15, 0.2) is 0 Å². The van der Waals surface area contributed by atoms with Crippen LogP contribution in [0.3, 0.4) is 0 Å². The van der Waals surface area contributed by atoms with E-state index in [1.807, 2.05) is 0 Å². The molecule has 1 atom stereocenters. The Bertz CT molecular complexity index is 484. The third kappa shape index (κ3) is 4.46. The largest absolute Gasteiger partial charge is 0.383 e. The molecule has 0 bridgehead atoms. The lowest BCUT2D eigenvalue weighted by Gasteiger charge is -2.14. The van der Waals surface area contributed by atoms with Crippen molar-refractivity contribution >= 4 is 23.2 Å². The summed E-state index contributed by atoms with van der Waals surface area (Å²) < 4.78 is 18.0. The van der Waals surface area contributed by atoms with Crippen LogP contribution < -0.4 is 5.32 Å². The van der Waals surface area contributed by atoms with E-state index in [9.17, 15) is 19.3 Å². The van der Waals surface area contributed by atoms with E-state index in [1.165, 1.54) is 7.11 Å². The summed E-state index contributed by atoms with van der Waals surface area (Å²) in [6.07, 6.45) is 0. The highest BCUT2D eigenvalue weighted by atomic mass is 35.5. The minimum atomic E-state index is -0.853. The van der Waals surface area contributed by atoms with Crippen LogP contribution in [0.1, 0.15) is 10.4 Å². The maximum absolute atomic E-state index is 13.2. The van der Waals surface area contributed by atoms with Crippen molar-refractivity contribution in [2.24, 2.45) is 0 Å². The molecule has 6 nitrogen and oxygen atoms in total. The van der Waals surface area contributed by atoms with Crippen LogP contribution in [0.5, 0.6) is 0 Å².